The van der Waals surface area contributed by atoms with Crippen molar-refractivity contribution < 1.29 is 21.2 Å². The van der Waals surface area contributed by atoms with Gasteiger partial charge < -0.3 is 0 Å². The van der Waals surface area contributed by atoms with Gasteiger partial charge in [-0.25, -0.2) is 9.97 Å². The van der Waals surface area contributed by atoms with E-state index in [1.165, 1.54) is 17.5 Å². The zero-order valence-corrected chi connectivity index (χ0v) is 28.6. The van der Waals surface area contributed by atoms with E-state index in [9.17, 15) is 0 Å². The van der Waals surface area contributed by atoms with Crippen molar-refractivity contribution >= 4 is 0 Å². The van der Waals surface area contributed by atoms with Crippen molar-refractivity contribution in [2.75, 3.05) is 9.86 Å². The number of nitrogens with zero attached hydrogens (tertiary/aromatic N) is 5. The van der Waals surface area contributed by atoms with E-state index in [2.05, 4.69) is 86.7 Å². The van der Waals surface area contributed by atoms with Gasteiger partial charge in [0, 0.05) is 42.9 Å². The minimum Gasteiger partial charge on any atom is -0.264 e. The van der Waals surface area contributed by atoms with Crippen LogP contribution in [0, 0.1) is 13.8 Å². The van der Waals surface area contributed by atoms with Crippen LogP contribution in [0.15, 0.2) is 92.0 Å². The minimum absolute atomic E-state index is 0.485. The van der Waals surface area contributed by atoms with E-state index in [-0.39, 0.29) is 0 Å². The van der Waals surface area contributed by atoms with E-state index >= 15 is 0 Å². The maximum atomic E-state index is 4.12. The number of aryl methyl sites for hydroxylation is 2. The summed E-state index contributed by atoms with van der Waals surface area (Å²) in [6.07, 6.45) is 12.1. The summed E-state index contributed by atoms with van der Waals surface area (Å²) < 4.78 is 0. The summed E-state index contributed by atoms with van der Waals surface area (Å²) in [5.74, 6) is 1.14. The second-order valence-electron chi connectivity index (χ2n) is 8.11. The zero-order valence-electron chi connectivity index (χ0n) is 26.4. The molecule has 4 aromatic rings. The third-order valence-electron chi connectivity index (χ3n) is 4.18. The maximum absolute atomic E-state index is 4.12. The molecule has 39 heavy (non-hydrogen) atoms. The Morgan fingerprint density at radius 1 is 0.590 bits per heavy atom. The molecule has 3 heterocycles. The fourth-order valence-corrected chi connectivity index (χ4v) is 2.25. The number of pyridine rings is 1. The summed E-state index contributed by atoms with van der Waals surface area (Å²) in [7, 11) is 0. The summed E-state index contributed by atoms with van der Waals surface area (Å²) in [5, 5.41) is 0. The topological polar surface area (TPSA) is 64.5 Å². The van der Waals surface area contributed by atoms with E-state index in [1.54, 1.807) is 31.0 Å². The summed E-state index contributed by atoms with van der Waals surface area (Å²) in [6.45, 7) is 20.6. The van der Waals surface area contributed by atoms with Gasteiger partial charge in [-0.15, -0.1) is 0 Å². The van der Waals surface area contributed by atoms with E-state index in [0.29, 0.717) is 33.0 Å². The van der Waals surface area contributed by atoms with Gasteiger partial charge in [0.05, 0.1) is 5.69 Å². The molecular formula is C33H53IN5-. The summed E-state index contributed by atoms with van der Waals surface area (Å²) in [5.41, 5.74) is 4.69. The van der Waals surface area contributed by atoms with Crippen molar-refractivity contribution in [3.8, 4) is 0 Å². The van der Waals surface area contributed by atoms with Crippen LogP contribution in [0.1, 0.15) is 89.7 Å². The number of benzene rings is 1. The fourth-order valence-electron chi connectivity index (χ4n) is 2.25. The molecule has 4 rings (SSSR count). The first-order chi connectivity index (χ1) is 18.8. The van der Waals surface area contributed by atoms with E-state index in [4.69, 9.17) is 0 Å². The molecule has 0 saturated heterocycles. The van der Waals surface area contributed by atoms with Crippen LogP contribution in [-0.2, 0) is 0 Å². The average molecular weight is 647 g/mol. The summed E-state index contributed by atoms with van der Waals surface area (Å²) in [6, 6.07) is 16.3. The van der Waals surface area contributed by atoms with Gasteiger partial charge in [-0.2, -0.15) is 0 Å². The van der Waals surface area contributed by atoms with Crippen LogP contribution in [0.5, 0.6) is 0 Å². The first-order valence-corrected chi connectivity index (χ1v) is 17.9. The molecule has 3 aromatic heterocycles. The number of hydrogen-bond acceptors (Lipinski definition) is 5. The van der Waals surface area contributed by atoms with Crippen LogP contribution in [0.25, 0.3) is 0 Å². The molecule has 1 aromatic carbocycles. The van der Waals surface area contributed by atoms with Crippen LogP contribution in [0.2, 0.25) is 0 Å². The van der Waals surface area contributed by atoms with Gasteiger partial charge in [0.25, 0.3) is 0 Å². The van der Waals surface area contributed by atoms with Gasteiger partial charge in [-0.1, -0.05) is 91.8 Å². The number of rotatable bonds is 2. The SMILES string of the molecule is CC.CC.CC(C)c1ccccc1.CC(C)c1cnccn1.C[I-]C.Cc1cccnc1.Cc1ccncn1. The molecule has 218 valence electrons. The molecule has 0 aliphatic carbocycles. The molecule has 0 aliphatic heterocycles. The van der Waals surface area contributed by atoms with Crippen molar-refractivity contribution in [1.29, 1.82) is 0 Å². The van der Waals surface area contributed by atoms with Crippen molar-refractivity contribution in [3.63, 3.8) is 0 Å². The molecule has 0 N–H and O–H groups in total. The van der Waals surface area contributed by atoms with E-state index in [0.717, 1.165) is 11.4 Å². The largest absolute Gasteiger partial charge is 0.264 e. The first-order valence-electron chi connectivity index (χ1n) is 13.6. The maximum Gasteiger partial charge on any atom is 0.115 e. The van der Waals surface area contributed by atoms with Crippen LogP contribution in [0.4, 0.5) is 0 Å². The Hall–Kier alpha value is -2.74. The number of alkyl halides is 2. The third kappa shape index (κ3) is 28.1. The molecule has 0 spiro atoms. The predicted molar refractivity (Wildman–Crippen MR) is 167 cm³/mol. The first kappa shape index (κ1) is 40.8. The van der Waals surface area contributed by atoms with Gasteiger partial charge in [0.1, 0.15) is 6.33 Å². The fraction of sp³-hybridized carbons (Fsp3) is 0.424. The molecule has 0 radical (unpaired) electrons. The molecule has 0 unspecified atom stereocenters. The second kappa shape index (κ2) is 31.5. The van der Waals surface area contributed by atoms with E-state index in [1.807, 2.05) is 72.0 Å². The predicted octanol–water partition coefficient (Wildman–Crippen LogP) is 5.97. The Balaban J connectivity index is -0.000000413. The zero-order chi connectivity index (χ0) is 30.3. The molecule has 0 saturated carbocycles. The van der Waals surface area contributed by atoms with Crippen LogP contribution in [-0.4, -0.2) is 34.8 Å². The van der Waals surface area contributed by atoms with Gasteiger partial charge in [-0.05, 0) is 48.9 Å². The van der Waals surface area contributed by atoms with Crippen molar-refractivity contribution in [2.45, 2.75) is 81.1 Å². The standard InChI is InChI=1S/C9H12.C7H10N2.C6H7N.C5H6N2.C2H6I.2C2H6/c1-8(2)9-6-4-3-5-7-9;1-6(2)7-5-8-3-4-9-7;1-6-3-2-4-7-5-6;1-5-2-3-6-4-7-5;1-3-2;2*1-2/h3-8H,1-2H3;3-6H,1-2H3;2-5H,1H3;2-4H,1H3;1-2H3;2*1-2H3/q;;;;-1;;. The Kier molecular flexibility index (Phi) is 32.9. The number of halogens is 1. The smallest absolute Gasteiger partial charge is 0.115 e. The van der Waals surface area contributed by atoms with E-state index < -0.39 is 0 Å². The molecule has 0 bridgehead atoms. The van der Waals surface area contributed by atoms with Gasteiger partial charge in [0.15, 0.2) is 0 Å². The molecular weight excluding hydrogens is 593 g/mol. The number of aromatic nitrogens is 5. The van der Waals surface area contributed by atoms with Gasteiger partial charge in [-0.3, -0.25) is 15.0 Å². The molecule has 0 amide bonds. The molecule has 0 fully saturated rings. The normalized spacial score (nSPS) is 8.67. The Bertz CT molecular complexity index is 871. The monoisotopic (exact) mass is 646 g/mol. The van der Waals surface area contributed by atoms with Crippen molar-refractivity contribution in [2.24, 2.45) is 0 Å². The molecule has 0 atom stereocenters. The minimum atomic E-state index is 0.485. The van der Waals surface area contributed by atoms with Crippen LogP contribution >= 0.6 is 0 Å². The van der Waals surface area contributed by atoms with Crippen molar-refractivity contribution in [3.05, 3.63) is 115 Å². The molecule has 5 nitrogen and oxygen atoms in total. The summed E-state index contributed by atoms with van der Waals surface area (Å²) in [4.78, 5) is 24.0. The second-order valence-corrected chi connectivity index (χ2v) is 10.3. The van der Waals surface area contributed by atoms with Crippen LogP contribution in [0.3, 0.4) is 0 Å². The number of hydrogen-bond donors (Lipinski definition) is 0. The molecule has 0 aliphatic rings. The average Bonchev–Trinajstić information content (AvgIpc) is 2.98. The Morgan fingerprint density at radius 3 is 1.44 bits per heavy atom. The Morgan fingerprint density at radius 2 is 1.18 bits per heavy atom. The van der Waals surface area contributed by atoms with Gasteiger partial charge >= 0.3 is 31.1 Å². The van der Waals surface area contributed by atoms with Crippen LogP contribution < -0.4 is 21.2 Å². The van der Waals surface area contributed by atoms with Crippen molar-refractivity contribution in [1.82, 2.24) is 24.9 Å². The third-order valence-corrected chi connectivity index (χ3v) is 4.18. The summed E-state index contributed by atoms with van der Waals surface area (Å²) >= 11 is 0.590. The molecule has 6 heteroatoms. The Labute approximate surface area is 250 Å². The van der Waals surface area contributed by atoms with Gasteiger partial charge in [0.2, 0.25) is 0 Å². The quantitative estimate of drug-likeness (QED) is 0.198.